The summed E-state index contributed by atoms with van der Waals surface area (Å²) in [5.41, 5.74) is 4.43. The van der Waals surface area contributed by atoms with Crippen molar-refractivity contribution in [2.24, 2.45) is 0 Å². The van der Waals surface area contributed by atoms with Crippen LogP contribution < -0.4 is 0 Å². The second-order valence-electron chi connectivity index (χ2n) is 5.24. The molecule has 0 saturated carbocycles. The molecule has 2 nitrogen and oxygen atoms in total. The lowest BCUT2D eigenvalue weighted by molar-refractivity contribution is 0.0970. The maximum atomic E-state index is 12.6. The quantitative estimate of drug-likeness (QED) is 0.843. The topological polar surface area (TPSA) is 37.3 Å². The summed E-state index contributed by atoms with van der Waals surface area (Å²) in [7, 11) is 0. The van der Waals surface area contributed by atoms with E-state index in [4.69, 9.17) is 0 Å². The molecule has 2 aromatic carbocycles. The predicted molar refractivity (Wildman–Crippen MR) is 74.8 cm³/mol. The van der Waals surface area contributed by atoms with Crippen LogP contribution in [0.4, 0.5) is 0 Å². The van der Waals surface area contributed by atoms with Crippen LogP contribution in [0, 0.1) is 13.8 Å². The van der Waals surface area contributed by atoms with Gasteiger partial charge in [-0.25, -0.2) is 0 Å². The fraction of sp³-hybridized carbons (Fsp3) is 0.235. The Labute approximate surface area is 112 Å². The van der Waals surface area contributed by atoms with Crippen LogP contribution in [0.2, 0.25) is 0 Å². The molecule has 1 atom stereocenters. The number of ketones is 1. The monoisotopic (exact) mass is 252 g/mol. The van der Waals surface area contributed by atoms with Crippen LogP contribution in [-0.2, 0) is 6.42 Å². The zero-order valence-corrected chi connectivity index (χ0v) is 11.1. The summed E-state index contributed by atoms with van der Waals surface area (Å²) in [5.74, 6) is 0.0529. The third kappa shape index (κ3) is 1.75. The van der Waals surface area contributed by atoms with Crippen molar-refractivity contribution in [3.63, 3.8) is 0 Å². The minimum Gasteiger partial charge on any atom is -0.507 e. The van der Waals surface area contributed by atoms with E-state index in [0.717, 1.165) is 22.3 Å². The number of carbonyl (C=O) groups is 1. The summed E-state index contributed by atoms with van der Waals surface area (Å²) in [6, 6.07) is 11.8. The Morgan fingerprint density at radius 3 is 2.47 bits per heavy atom. The van der Waals surface area contributed by atoms with Crippen molar-refractivity contribution in [1.29, 1.82) is 0 Å². The molecule has 0 bridgehead atoms. The minimum atomic E-state index is -0.150. The van der Waals surface area contributed by atoms with E-state index in [-0.39, 0.29) is 17.5 Å². The second kappa shape index (κ2) is 4.23. The number of Topliss-reactive ketones (excluding diaryl/α,β-unsaturated/α-hetero) is 1. The molecule has 0 unspecified atom stereocenters. The number of aryl methyl sites for hydroxylation is 2. The van der Waals surface area contributed by atoms with E-state index in [9.17, 15) is 9.90 Å². The van der Waals surface area contributed by atoms with Crippen LogP contribution in [0.25, 0.3) is 0 Å². The molecule has 0 saturated heterocycles. The molecule has 0 aromatic heterocycles. The van der Waals surface area contributed by atoms with Crippen LogP contribution in [0.5, 0.6) is 5.75 Å². The number of carbonyl (C=O) groups excluding carboxylic acids is 1. The van der Waals surface area contributed by atoms with Gasteiger partial charge in [0.05, 0.1) is 11.5 Å². The average molecular weight is 252 g/mol. The number of hydrogen-bond donors (Lipinski definition) is 1. The molecular weight excluding hydrogens is 236 g/mol. The molecule has 0 fully saturated rings. The van der Waals surface area contributed by atoms with Gasteiger partial charge in [0.2, 0.25) is 0 Å². The van der Waals surface area contributed by atoms with E-state index in [1.165, 1.54) is 0 Å². The lowest BCUT2D eigenvalue weighted by Crippen LogP contribution is -2.06. The van der Waals surface area contributed by atoms with Gasteiger partial charge in [-0.15, -0.1) is 0 Å². The van der Waals surface area contributed by atoms with E-state index in [2.05, 4.69) is 0 Å². The zero-order valence-electron chi connectivity index (χ0n) is 11.1. The summed E-state index contributed by atoms with van der Waals surface area (Å²) in [6.07, 6.45) is 0.692. The third-order valence-corrected chi connectivity index (χ3v) is 3.99. The van der Waals surface area contributed by atoms with Gasteiger partial charge in [-0.2, -0.15) is 0 Å². The van der Waals surface area contributed by atoms with Gasteiger partial charge in [-0.3, -0.25) is 4.79 Å². The largest absolute Gasteiger partial charge is 0.507 e. The summed E-state index contributed by atoms with van der Waals surface area (Å²) < 4.78 is 0. The molecule has 1 aliphatic carbocycles. The molecule has 19 heavy (non-hydrogen) atoms. The van der Waals surface area contributed by atoms with Crippen molar-refractivity contribution in [3.05, 3.63) is 64.2 Å². The predicted octanol–water partition coefficient (Wildman–Crippen LogP) is 3.53. The highest BCUT2D eigenvalue weighted by atomic mass is 16.3. The highest BCUT2D eigenvalue weighted by Crippen LogP contribution is 2.41. The van der Waals surface area contributed by atoms with E-state index in [0.29, 0.717) is 12.0 Å². The molecular formula is C17H16O2. The van der Waals surface area contributed by atoms with Gasteiger partial charge in [0, 0.05) is 0 Å². The standard InChI is InChI=1S/C17H16O2/c1-10-8-11(2)16(18)15-13(10)9-14(17(15)19)12-6-4-3-5-7-12/h3-8,14,18H,9H2,1-2H3/t14-/m1/s1. The number of benzene rings is 2. The van der Waals surface area contributed by atoms with Gasteiger partial charge in [-0.1, -0.05) is 36.4 Å². The SMILES string of the molecule is Cc1cc(C)c2c(c1O)C(=O)[C@@H](c1ccccc1)C2. The second-order valence-corrected chi connectivity index (χ2v) is 5.24. The third-order valence-electron chi connectivity index (χ3n) is 3.99. The van der Waals surface area contributed by atoms with Gasteiger partial charge in [0.25, 0.3) is 0 Å². The molecule has 0 radical (unpaired) electrons. The van der Waals surface area contributed by atoms with Crippen LogP contribution in [0.15, 0.2) is 36.4 Å². The first kappa shape index (κ1) is 12.0. The van der Waals surface area contributed by atoms with Gasteiger partial charge in [-0.05, 0) is 42.5 Å². The van der Waals surface area contributed by atoms with E-state index < -0.39 is 0 Å². The van der Waals surface area contributed by atoms with Crippen molar-refractivity contribution in [2.75, 3.05) is 0 Å². The fourth-order valence-electron chi connectivity index (χ4n) is 2.97. The van der Waals surface area contributed by atoms with Gasteiger partial charge in [0.15, 0.2) is 5.78 Å². The number of phenols is 1. The molecule has 0 aliphatic heterocycles. The molecule has 0 heterocycles. The molecule has 1 N–H and O–H groups in total. The molecule has 0 amide bonds. The normalized spacial score (nSPS) is 17.6. The Kier molecular flexibility index (Phi) is 2.67. The first-order chi connectivity index (χ1) is 9.09. The lowest BCUT2D eigenvalue weighted by Gasteiger charge is -2.08. The van der Waals surface area contributed by atoms with Crippen LogP contribution in [0.1, 0.15) is 38.5 Å². The fourth-order valence-corrected chi connectivity index (χ4v) is 2.97. The van der Waals surface area contributed by atoms with Crippen molar-refractivity contribution < 1.29 is 9.90 Å². The van der Waals surface area contributed by atoms with E-state index in [1.807, 2.05) is 50.2 Å². The lowest BCUT2D eigenvalue weighted by atomic mass is 9.95. The molecule has 1 aliphatic rings. The number of rotatable bonds is 1. The van der Waals surface area contributed by atoms with Crippen LogP contribution >= 0.6 is 0 Å². The molecule has 2 aromatic rings. The molecule has 2 heteroatoms. The highest BCUT2D eigenvalue weighted by Gasteiger charge is 2.35. The Morgan fingerprint density at radius 2 is 1.79 bits per heavy atom. The number of hydrogen-bond acceptors (Lipinski definition) is 2. The van der Waals surface area contributed by atoms with E-state index >= 15 is 0 Å². The summed E-state index contributed by atoms with van der Waals surface area (Å²) >= 11 is 0. The van der Waals surface area contributed by atoms with Gasteiger partial charge in [0.1, 0.15) is 5.75 Å². The minimum absolute atomic E-state index is 0.0468. The Balaban J connectivity index is 2.13. The average Bonchev–Trinajstić information content (AvgIpc) is 2.76. The Morgan fingerprint density at radius 1 is 1.11 bits per heavy atom. The van der Waals surface area contributed by atoms with Crippen molar-refractivity contribution in [2.45, 2.75) is 26.2 Å². The zero-order chi connectivity index (χ0) is 13.6. The Hall–Kier alpha value is -2.09. The number of fused-ring (bicyclic) bond motifs is 1. The van der Waals surface area contributed by atoms with E-state index in [1.54, 1.807) is 0 Å². The summed E-state index contributed by atoms with van der Waals surface area (Å²) in [5, 5.41) is 10.2. The smallest absolute Gasteiger partial charge is 0.174 e. The van der Waals surface area contributed by atoms with Crippen molar-refractivity contribution >= 4 is 5.78 Å². The maximum absolute atomic E-state index is 12.6. The van der Waals surface area contributed by atoms with Crippen LogP contribution in [-0.4, -0.2) is 10.9 Å². The maximum Gasteiger partial charge on any atom is 0.174 e. The number of phenolic OH excluding ortho intramolecular Hbond substituents is 1. The molecule has 0 spiro atoms. The summed E-state index contributed by atoms with van der Waals surface area (Å²) in [4.78, 5) is 12.6. The summed E-state index contributed by atoms with van der Waals surface area (Å²) in [6.45, 7) is 3.84. The van der Waals surface area contributed by atoms with Crippen LogP contribution in [0.3, 0.4) is 0 Å². The first-order valence-corrected chi connectivity index (χ1v) is 6.50. The van der Waals surface area contributed by atoms with Crippen molar-refractivity contribution in [3.8, 4) is 5.75 Å². The van der Waals surface area contributed by atoms with Crippen molar-refractivity contribution in [1.82, 2.24) is 0 Å². The molecule has 96 valence electrons. The Bertz CT molecular complexity index is 657. The first-order valence-electron chi connectivity index (χ1n) is 6.50. The molecule has 3 rings (SSSR count). The van der Waals surface area contributed by atoms with Gasteiger partial charge < -0.3 is 5.11 Å². The highest BCUT2D eigenvalue weighted by molar-refractivity contribution is 6.08. The number of aromatic hydroxyl groups is 1. The van der Waals surface area contributed by atoms with Gasteiger partial charge >= 0.3 is 0 Å².